The Bertz CT molecular complexity index is 607. The van der Waals surface area contributed by atoms with E-state index in [2.05, 4.69) is 5.43 Å². The Morgan fingerprint density at radius 1 is 1.15 bits per heavy atom. The summed E-state index contributed by atoms with van der Waals surface area (Å²) in [4.78, 5) is 12.7. The summed E-state index contributed by atoms with van der Waals surface area (Å²) in [6.45, 7) is 0. The molecule has 0 spiro atoms. The summed E-state index contributed by atoms with van der Waals surface area (Å²) >= 11 is 13.4. The van der Waals surface area contributed by atoms with E-state index in [4.69, 9.17) is 29.0 Å². The van der Waals surface area contributed by atoms with Gasteiger partial charge in [-0.1, -0.05) is 53.5 Å². The van der Waals surface area contributed by atoms with Crippen LogP contribution < -0.4 is 11.3 Å². The quantitative estimate of drug-likeness (QED) is 0.388. The maximum atomic E-state index is 12.0. The lowest BCUT2D eigenvalue weighted by Crippen LogP contribution is -2.33. The number of carbonyl (C=O) groups is 1. The third kappa shape index (κ3) is 3.67. The maximum absolute atomic E-state index is 12.0. The minimum Gasteiger partial charge on any atom is -0.293 e. The number of thioether (sulfide) groups is 1. The van der Waals surface area contributed by atoms with E-state index in [0.29, 0.717) is 10.0 Å². The Balaban J connectivity index is 2.34. The molecule has 0 aromatic heterocycles. The summed E-state index contributed by atoms with van der Waals surface area (Å²) in [5.74, 6) is 4.97. The highest BCUT2D eigenvalue weighted by Crippen LogP contribution is 2.39. The number of hydrogen-bond acceptors (Lipinski definition) is 3. The van der Waals surface area contributed by atoms with Crippen LogP contribution in [0.4, 0.5) is 0 Å². The highest BCUT2D eigenvalue weighted by molar-refractivity contribution is 8.00. The zero-order valence-corrected chi connectivity index (χ0v) is 12.7. The number of nitrogens with two attached hydrogens (primary N) is 1. The second kappa shape index (κ2) is 6.99. The van der Waals surface area contributed by atoms with Gasteiger partial charge in [0.05, 0.1) is 5.02 Å². The van der Waals surface area contributed by atoms with Crippen molar-refractivity contribution in [2.45, 2.75) is 10.1 Å². The number of rotatable bonds is 4. The summed E-state index contributed by atoms with van der Waals surface area (Å²) < 4.78 is 0. The van der Waals surface area contributed by atoms with E-state index < -0.39 is 5.25 Å². The fraction of sp³-hybridized carbons (Fsp3) is 0.0714. The predicted octanol–water partition coefficient (Wildman–Crippen LogP) is 3.82. The highest BCUT2D eigenvalue weighted by atomic mass is 35.5. The second-order valence-electron chi connectivity index (χ2n) is 3.99. The van der Waals surface area contributed by atoms with Crippen LogP contribution in [0.1, 0.15) is 10.8 Å². The molecular weight excluding hydrogens is 315 g/mol. The van der Waals surface area contributed by atoms with Crippen LogP contribution >= 0.6 is 35.0 Å². The Morgan fingerprint density at radius 3 is 2.50 bits per heavy atom. The van der Waals surface area contributed by atoms with E-state index >= 15 is 0 Å². The third-order valence-corrected chi connectivity index (χ3v) is 4.61. The average molecular weight is 327 g/mol. The Labute approximate surface area is 131 Å². The normalized spacial score (nSPS) is 11.9. The molecule has 0 aliphatic rings. The van der Waals surface area contributed by atoms with Gasteiger partial charge < -0.3 is 0 Å². The SMILES string of the molecule is NNC(=O)C(Sc1cc(Cl)ccc1Cl)c1ccccc1. The zero-order chi connectivity index (χ0) is 14.5. The number of hydrazine groups is 1. The molecule has 3 N–H and O–H groups in total. The molecule has 2 aromatic carbocycles. The lowest BCUT2D eigenvalue weighted by molar-refractivity contribution is -0.120. The average Bonchev–Trinajstić information content (AvgIpc) is 2.48. The van der Waals surface area contributed by atoms with E-state index in [9.17, 15) is 4.79 Å². The van der Waals surface area contributed by atoms with Gasteiger partial charge in [0.1, 0.15) is 5.25 Å². The molecule has 2 rings (SSSR count). The first-order chi connectivity index (χ1) is 9.61. The molecule has 1 atom stereocenters. The smallest absolute Gasteiger partial charge is 0.251 e. The lowest BCUT2D eigenvalue weighted by Gasteiger charge is -2.16. The number of halogens is 2. The molecule has 0 fully saturated rings. The van der Waals surface area contributed by atoms with Gasteiger partial charge in [-0.3, -0.25) is 10.2 Å². The lowest BCUT2D eigenvalue weighted by atomic mass is 10.1. The molecule has 0 saturated carbocycles. The largest absolute Gasteiger partial charge is 0.293 e. The van der Waals surface area contributed by atoms with Crippen LogP contribution in [0.2, 0.25) is 10.0 Å². The van der Waals surface area contributed by atoms with Crippen molar-refractivity contribution >= 4 is 40.9 Å². The molecule has 0 aliphatic carbocycles. The second-order valence-corrected chi connectivity index (χ2v) is 5.98. The molecule has 0 heterocycles. The Morgan fingerprint density at radius 2 is 1.85 bits per heavy atom. The molecular formula is C14H12Cl2N2OS. The molecule has 2 aromatic rings. The summed E-state index contributed by atoms with van der Waals surface area (Å²) in [5, 5.41) is 0.624. The van der Waals surface area contributed by atoms with Crippen LogP contribution in [0.15, 0.2) is 53.4 Å². The van der Waals surface area contributed by atoms with Crippen molar-refractivity contribution < 1.29 is 4.79 Å². The summed E-state index contributed by atoms with van der Waals surface area (Å²) in [6, 6.07) is 14.5. The first-order valence-corrected chi connectivity index (χ1v) is 7.42. The molecule has 6 heteroatoms. The van der Waals surface area contributed by atoms with Crippen molar-refractivity contribution in [3.05, 3.63) is 64.1 Å². The van der Waals surface area contributed by atoms with Crippen molar-refractivity contribution in [1.29, 1.82) is 0 Å². The number of nitrogens with one attached hydrogen (secondary N) is 1. The summed E-state index contributed by atoms with van der Waals surface area (Å²) in [5.41, 5.74) is 3.03. The summed E-state index contributed by atoms with van der Waals surface area (Å²) in [6.07, 6.45) is 0. The van der Waals surface area contributed by atoms with Gasteiger partial charge in [-0.25, -0.2) is 5.84 Å². The van der Waals surface area contributed by atoms with Gasteiger partial charge in [0.2, 0.25) is 0 Å². The van der Waals surface area contributed by atoms with Gasteiger partial charge in [0, 0.05) is 9.92 Å². The fourth-order valence-corrected chi connectivity index (χ4v) is 3.26. The van der Waals surface area contributed by atoms with E-state index in [1.165, 1.54) is 11.8 Å². The predicted molar refractivity (Wildman–Crippen MR) is 83.8 cm³/mol. The molecule has 1 unspecified atom stereocenters. The van der Waals surface area contributed by atoms with Gasteiger partial charge in [0.25, 0.3) is 5.91 Å². The van der Waals surface area contributed by atoms with Gasteiger partial charge in [-0.15, -0.1) is 11.8 Å². The van der Waals surface area contributed by atoms with Gasteiger partial charge >= 0.3 is 0 Å². The van der Waals surface area contributed by atoms with Crippen molar-refractivity contribution in [2.24, 2.45) is 5.84 Å². The van der Waals surface area contributed by atoms with Crippen molar-refractivity contribution in [1.82, 2.24) is 5.43 Å². The molecule has 3 nitrogen and oxygen atoms in total. The van der Waals surface area contributed by atoms with Crippen LogP contribution in [0.25, 0.3) is 0 Å². The number of hydrogen-bond donors (Lipinski definition) is 2. The van der Waals surface area contributed by atoms with E-state index in [1.807, 2.05) is 30.3 Å². The monoisotopic (exact) mass is 326 g/mol. The zero-order valence-electron chi connectivity index (χ0n) is 10.3. The van der Waals surface area contributed by atoms with Gasteiger partial charge in [-0.05, 0) is 23.8 Å². The highest BCUT2D eigenvalue weighted by Gasteiger charge is 2.22. The molecule has 0 saturated heterocycles. The first-order valence-electron chi connectivity index (χ1n) is 5.79. The summed E-state index contributed by atoms with van der Waals surface area (Å²) in [7, 11) is 0. The Kier molecular flexibility index (Phi) is 5.31. The third-order valence-electron chi connectivity index (χ3n) is 2.62. The number of amides is 1. The molecule has 104 valence electrons. The van der Waals surface area contributed by atoms with Crippen molar-refractivity contribution in [3.8, 4) is 0 Å². The first kappa shape index (κ1) is 15.2. The molecule has 0 radical (unpaired) electrons. The Hall–Kier alpha value is -1.20. The number of carbonyl (C=O) groups excluding carboxylic acids is 1. The van der Waals surface area contributed by atoms with Crippen LogP contribution in [-0.2, 0) is 4.79 Å². The van der Waals surface area contributed by atoms with Crippen LogP contribution in [0.5, 0.6) is 0 Å². The molecule has 20 heavy (non-hydrogen) atoms. The van der Waals surface area contributed by atoms with E-state index in [0.717, 1.165) is 10.5 Å². The molecule has 0 bridgehead atoms. The van der Waals surface area contributed by atoms with Crippen LogP contribution in [0.3, 0.4) is 0 Å². The van der Waals surface area contributed by atoms with Crippen LogP contribution in [-0.4, -0.2) is 5.91 Å². The standard InChI is InChI=1S/C14H12Cl2N2OS/c15-10-6-7-11(16)12(8-10)20-13(14(19)18-17)9-4-2-1-3-5-9/h1-8,13H,17H2,(H,18,19). The van der Waals surface area contributed by atoms with Gasteiger partial charge in [0.15, 0.2) is 0 Å². The van der Waals surface area contributed by atoms with Crippen molar-refractivity contribution in [2.75, 3.05) is 0 Å². The fourth-order valence-electron chi connectivity index (χ4n) is 1.67. The number of benzene rings is 2. The topological polar surface area (TPSA) is 55.1 Å². The minimum absolute atomic E-state index is 0.294. The maximum Gasteiger partial charge on any atom is 0.251 e. The molecule has 1 amide bonds. The van der Waals surface area contributed by atoms with E-state index in [1.54, 1.807) is 18.2 Å². The van der Waals surface area contributed by atoms with Gasteiger partial charge in [-0.2, -0.15) is 0 Å². The van der Waals surface area contributed by atoms with Crippen LogP contribution in [0, 0.1) is 0 Å². The van der Waals surface area contributed by atoms with Crippen molar-refractivity contribution in [3.63, 3.8) is 0 Å². The minimum atomic E-state index is -0.489. The molecule has 0 aliphatic heterocycles. The van der Waals surface area contributed by atoms with E-state index in [-0.39, 0.29) is 5.91 Å².